The zero-order valence-corrected chi connectivity index (χ0v) is 8.67. The number of hydrogen-bond acceptors (Lipinski definition) is 0. The molecule has 52 valence electrons. The van der Waals surface area contributed by atoms with Gasteiger partial charge in [-0.25, -0.2) is 5.57 Å². The Morgan fingerprint density at radius 3 is 2.00 bits per heavy atom. The Labute approximate surface area is 79.1 Å². The number of allylic oxidation sites excluding steroid dienone is 4. The minimum Gasteiger partial charge on any atom is -1.00 e. The van der Waals surface area contributed by atoms with Crippen LogP contribution in [0.15, 0.2) is 16.7 Å². The van der Waals surface area contributed by atoms with Crippen molar-refractivity contribution < 1.29 is 29.1 Å². The van der Waals surface area contributed by atoms with Crippen LogP contribution >= 0.6 is 0 Å². The van der Waals surface area contributed by atoms with Crippen LogP contribution in [0, 0.1) is 6.08 Å². The summed E-state index contributed by atoms with van der Waals surface area (Å²) in [4.78, 5) is 0. The molecular formula is C8H13Zr-3. The summed E-state index contributed by atoms with van der Waals surface area (Å²) in [6, 6.07) is 0. The normalized spacial score (nSPS) is 17.4. The Morgan fingerprint density at radius 2 is 1.89 bits per heavy atom. The van der Waals surface area contributed by atoms with Crippen molar-refractivity contribution in [2.45, 2.75) is 27.2 Å². The van der Waals surface area contributed by atoms with E-state index < -0.39 is 0 Å². The van der Waals surface area contributed by atoms with Gasteiger partial charge in [0.15, 0.2) is 0 Å². The van der Waals surface area contributed by atoms with Gasteiger partial charge in [-0.1, -0.05) is 13.8 Å². The maximum Gasteiger partial charge on any atom is 0 e. The molecule has 1 rings (SSSR count). The summed E-state index contributed by atoms with van der Waals surface area (Å²) in [5.41, 5.74) is 4.25. The second-order valence-corrected chi connectivity index (χ2v) is 2.38. The molecular weight excluding hydrogens is 187 g/mol. The van der Waals surface area contributed by atoms with Gasteiger partial charge in [0.2, 0.25) is 0 Å². The van der Waals surface area contributed by atoms with E-state index in [1.165, 1.54) is 16.7 Å². The fraction of sp³-hybridized carbons (Fsp3) is 0.500. The van der Waals surface area contributed by atoms with Crippen molar-refractivity contribution in [3.63, 3.8) is 0 Å². The van der Waals surface area contributed by atoms with Gasteiger partial charge in [-0.05, 0) is 0 Å². The summed E-state index contributed by atoms with van der Waals surface area (Å²) in [6.07, 6.45) is 4.31. The van der Waals surface area contributed by atoms with Crippen molar-refractivity contribution in [2.24, 2.45) is 0 Å². The van der Waals surface area contributed by atoms with Crippen LogP contribution in [0.2, 0.25) is 0 Å². The third-order valence-electron chi connectivity index (χ3n) is 1.82. The Bertz CT molecular complexity index is 165. The zero-order valence-electron chi connectivity index (χ0n) is 8.21. The topological polar surface area (TPSA) is 0 Å². The van der Waals surface area contributed by atoms with Gasteiger partial charge < -0.3 is 2.85 Å². The fourth-order valence-electron chi connectivity index (χ4n) is 0.850. The average molecular weight is 200 g/mol. The van der Waals surface area contributed by atoms with Crippen LogP contribution in [0.25, 0.3) is 0 Å². The molecule has 0 aliphatic heterocycles. The molecule has 0 heterocycles. The average Bonchev–Trinajstić information content (AvgIpc) is 1.98. The number of hydrogen-bond donors (Lipinski definition) is 0. The van der Waals surface area contributed by atoms with Crippen molar-refractivity contribution in [3.8, 4) is 0 Å². The first-order chi connectivity index (χ1) is 3.72. The first-order valence-electron chi connectivity index (χ1n) is 2.96. The van der Waals surface area contributed by atoms with E-state index in [-0.39, 0.29) is 29.1 Å². The Balaban J connectivity index is -0.000000213. The third-order valence-corrected chi connectivity index (χ3v) is 1.82. The molecule has 9 heavy (non-hydrogen) atoms. The summed E-state index contributed by atoms with van der Waals surface area (Å²) in [5, 5.41) is 0. The van der Waals surface area contributed by atoms with E-state index in [0.717, 1.165) is 6.42 Å². The fourth-order valence-corrected chi connectivity index (χ4v) is 0.850. The summed E-state index contributed by atoms with van der Waals surface area (Å²) in [5.74, 6) is 0. The smallest absolute Gasteiger partial charge is 0 e. The molecule has 0 N–H and O–H groups in total. The van der Waals surface area contributed by atoms with Gasteiger partial charge in [-0.3, -0.25) is 6.08 Å². The van der Waals surface area contributed by atoms with Crippen molar-refractivity contribution in [3.05, 3.63) is 22.8 Å². The molecule has 0 nitrogen and oxygen atoms in total. The van der Waals surface area contributed by atoms with E-state index in [2.05, 4.69) is 26.8 Å². The molecule has 0 bridgehead atoms. The quantitative estimate of drug-likeness (QED) is 0.528. The van der Waals surface area contributed by atoms with Crippen molar-refractivity contribution in [1.82, 2.24) is 0 Å². The van der Waals surface area contributed by atoms with Crippen LogP contribution in [0.1, 0.15) is 30.0 Å². The van der Waals surface area contributed by atoms with Gasteiger partial charge in [0.1, 0.15) is 0 Å². The van der Waals surface area contributed by atoms with Crippen LogP contribution in [0.4, 0.5) is 0 Å². The van der Waals surface area contributed by atoms with Gasteiger partial charge >= 0.3 is 0 Å². The van der Waals surface area contributed by atoms with E-state index in [4.69, 9.17) is 0 Å². The maximum absolute atomic E-state index is 3.26. The zero-order chi connectivity index (χ0) is 6.15. The molecule has 0 unspecified atom stereocenters. The molecule has 1 aliphatic rings. The largest absolute Gasteiger partial charge is 1.00 e. The van der Waals surface area contributed by atoms with E-state index in [1.807, 2.05) is 0 Å². The summed E-state index contributed by atoms with van der Waals surface area (Å²) >= 11 is 0. The standard InChI is InChI=1S/C8H11.Zr.2H/c1-6-4-5-7(2)8(6)3;;;/h4H2,1-3H3;;;/q-1;;2*-1. The second kappa shape index (κ2) is 3.51. The molecule has 0 saturated heterocycles. The van der Waals surface area contributed by atoms with Gasteiger partial charge in [0, 0.05) is 26.2 Å². The Kier molecular flexibility index (Phi) is 3.65. The van der Waals surface area contributed by atoms with Crippen LogP contribution in [0.3, 0.4) is 0 Å². The molecule has 0 atom stereocenters. The molecule has 1 aliphatic carbocycles. The minimum absolute atomic E-state index is 0. The van der Waals surface area contributed by atoms with Gasteiger partial charge in [0.25, 0.3) is 0 Å². The first kappa shape index (κ1) is 9.36. The summed E-state index contributed by atoms with van der Waals surface area (Å²) in [6.45, 7) is 6.44. The molecule has 0 radical (unpaired) electrons. The molecule has 0 aromatic heterocycles. The molecule has 0 aromatic rings. The van der Waals surface area contributed by atoms with Crippen LogP contribution in [-0.4, -0.2) is 0 Å². The molecule has 0 amide bonds. The van der Waals surface area contributed by atoms with Crippen LogP contribution < -0.4 is 0 Å². The van der Waals surface area contributed by atoms with E-state index in [0.29, 0.717) is 0 Å². The molecule has 0 fully saturated rings. The molecule has 0 saturated carbocycles. The summed E-state index contributed by atoms with van der Waals surface area (Å²) < 4.78 is 0. The van der Waals surface area contributed by atoms with Crippen molar-refractivity contribution in [1.29, 1.82) is 0 Å². The van der Waals surface area contributed by atoms with Gasteiger partial charge in [0.05, 0.1) is 0 Å². The van der Waals surface area contributed by atoms with Gasteiger partial charge in [-0.15, -0.1) is 13.3 Å². The molecule has 1 heteroatoms. The van der Waals surface area contributed by atoms with E-state index >= 15 is 0 Å². The monoisotopic (exact) mass is 199 g/mol. The predicted molar refractivity (Wildman–Crippen MR) is 37.6 cm³/mol. The maximum atomic E-state index is 3.26. The molecule has 0 aromatic carbocycles. The van der Waals surface area contributed by atoms with Crippen molar-refractivity contribution >= 4 is 0 Å². The second-order valence-electron chi connectivity index (χ2n) is 2.38. The van der Waals surface area contributed by atoms with Crippen LogP contribution in [0.5, 0.6) is 0 Å². The Morgan fingerprint density at radius 1 is 1.33 bits per heavy atom. The first-order valence-corrected chi connectivity index (χ1v) is 2.96. The SMILES string of the molecule is CC1=[C-]CC(C)=C1C.[H-].[H-].[Zr]. The van der Waals surface area contributed by atoms with Crippen molar-refractivity contribution in [2.75, 3.05) is 0 Å². The minimum atomic E-state index is 0. The predicted octanol–water partition coefficient (Wildman–Crippen LogP) is 2.70. The molecule has 0 spiro atoms. The Hall–Kier alpha value is 0.363. The van der Waals surface area contributed by atoms with E-state index in [9.17, 15) is 0 Å². The van der Waals surface area contributed by atoms with Crippen LogP contribution in [-0.2, 0) is 26.2 Å². The number of rotatable bonds is 0. The summed E-state index contributed by atoms with van der Waals surface area (Å²) in [7, 11) is 0. The van der Waals surface area contributed by atoms with E-state index in [1.54, 1.807) is 0 Å². The van der Waals surface area contributed by atoms with Gasteiger partial charge in [-0.2, -0.15) is 11.1 Å². The third kappa shape index (κ3) is 1.90.